The van der Waals surface area contributed by atoms with Gasteiger partial charge in [-0.15, -0.1) is 0 Å². The van der Waals surface area contributed by atoms with Gasteiger partial charge in [-0.2, -0.15) is 0 Å². The number of amides is 3. The van der Waals surface area contributed by atoms with Crippen molar-refractivity contribution in [2.75, 3.05) is 13.6 Å². The number of nitrogens with one attached hydrogen (secondary N) is 1. The summed E-state index contributed by atoms with van der Waals surface area (Å²) in [5, 5.41) is 2.89. The minimum absolute atomic E-state index is 0.0245. The van der Waals surface area contributed by atoms with Crippen molar-refractivity contribution in [1.82, 2.24) is 15.1 Å². The van der Waals surface area contributed by atoms with Gasteiger partial charge in [0.05, 0.1) is 6.04 Å². The predicted molar refractivity (Wildman–Crippen MR) is 135 cm³/mol. The van der Waals surface area contributed by atoms with Gasteiger partial charge in [0.25, 0.3) is 0 Å². The first kappa shape index (κ1) is 23.9. The fourth-order valence-corrected chi connectivity index (χ4v) is 5.09. The summed E-state index contributed by atoms with van der Waals surface area (Å²) in [7, 11) is 1.82. The first-order chi connectivity index (χ1) is 17.5. The van der Waals surface area contributed by atoms with Crippen LogP contribution in [-0.4, -0.2) is 47.6 Å². The Labute approximate surface area is 210 Å². The molecule has 1 saturated carbocycles. The molecule has 5 rings (SSSR count). The Morgan fingerprint density at radius 3 is 2.44 bits per heavy atom. The third kappa shape index (κ3) is 5.05. The fourth-order valence-electron chi connectivity index (χ4n) is 5.09. The van der Waals surface area contributed by atoms with Crippen molar-refractivity contribution in [3.63, 3.8) is 0 Å². The zero-order chi connectivity index (χ0) is 25.1. The summed E-state index contributed by atoms with van der Waals surface area (Å²) in [5.41, 5.74) is 4.11. The van der Waals surface area contributed by atoms with Crippen LogP contribution >= 0.6 is 0 Å². The van der Waals surface area contributed by atoms with Gasteiger partial charge in [0.1, 0.15) is 12.4 Å². The molecule has 6 nitrogen and oxygen atoms in total. The quantitative estimate of drug-likeness (QED) is 0.533. The number of hydrogen-bond acceptors (Lipinski definition) is 3. The van der Waals surface area contributed by atoms with Crippen LogP contribution < -0.4 is 5.32 Å². The van der Waals surface area contributed by atoms with E-state index in [1.165, 1.54) is 17.7 Å². The van der Waals surface area contributed by atoms with Crippen molar-refractivity contribution >= 4 is 12.1 Å². The highest BCUT2D eigenvalue weighted by Gasteiger charge is 2.39. The minimum Gasteiger partial charge on any atom is -0.445 e. The molecule has 0 radical (unpaired) electrons. The Balaban J connectivity index is 1.20. The number of nitrogens with zero attached hydrogens (tertiary/aromatic N) is 2. The van der Waals surface area contributed by atoms with E-state index in [1.54, 1.807) is 17.0 Å². The lowest BCUT2D eigenvalue weighted by atomic mass is 9.85. The molecule has 1 fully saturated rings. The van der Waals surface area contributed by atoms with Gasteiger partial charge in [-0.3, -0.25) is 0 Å². The summed E-state index contributed by atoms with van der Waals surface area (Å²) in [4.78, 5) is 29.5. The molecule has 0 bridgehead atoms. The second kappa shape index (κ2) is 10.4. The van der Waals surface area contributed by atoms with Crippen molar-refractivity contribution in [3.8, 4) is 0 Å². The van der Waals surface area contributed by atoms with Gasteiger partial charge in [0.2, 0.25) is 0 Å². The van der Waals surface area contributed by atoms with Gasteiger partial charge in [-0.25, -0.2) is 14.0 Å². The molecule has 1 N–H and O–H groups in total. The number of benzene rings is 3. The summed E-state index contributed by atoms with van der Waals surface area (Å²) < 4.78 is 18.9. The van der Waals surface area contributed by atoms with Crippen LogP contribution in [-0.2, 0) is 17.8 Å². The number of halogens is 1. The number of carbonyl (C=O) groups is 2. The molecule has 3 aromatic rings. The number of fused-ring (bicyclic) bond motifs is 1. The van der Waals surface area contributed by atoms with E-state index < -0.39 is 6.09 Å². The van der Waals surface area contributed by atoms with E-state index in [-0.39, 0.29) is 36.6 Å². The van der Waals surface area contributed by atoms with Gasteiger partial charge in [0.15, 0.2) is 0 Å². The predicted octanol–water partition coefficient (Wildman–Crippen LogP) is 5.28. The number of hydrogen-bond donors (Lipinski definition) is 1. The lowest BCUT2D eigenvalue weighted by Crippen LogP contribution is -2.57. The van der Waals surface area contributed by atoms with Crippen LogP contribution in [0.2, 0.25) is 0 Å². The molecule has 1 heterocycles. The third-order valence-electron chi connectivity index (χ3n) is 7.21. The van der Waals surface area contributed by atoms with Gasteiger partial charge in [-0.05, 0) is 53.6 Å². The first-order valence-electron chi connectivity index (χ1n) is 12.3. The molecule has 1 atom stereocenters. The molecule has 186 valence electrons. The van der Waals surface area contributed by atoms with Crippen molar-refractivity contribution in [2.24, 2.45) is 0 Å². The Hall–Kier alpha value is -3.87. The zero-order valence-corrected chi connectivity index (χ0v) is 20.3. The molecular weight excluding hydrogens is 457 g/mol. The normalized spacial score (nSPS) is 20.6. The van der Waals surface area contributed by atoms with E-state index in [1.807, 2.05) is 60.5 Å². The lowest BCUT2D eigenvalue weighted by Gasteiger charge is -2.45. The van der Waals surface area contributed by atoms with Crippen molar-refractivity contribution in [1.29, 1.82) is 0 Å². The summed E-state index contributed by atoms with van der Waals surface area (Å²) in [6, 6.07) is 23.7. The van der Waals surface area contributed by atoms with Crippen LogP contribution in [0.15, 0.2) is 78.9 Å². The molecule has 0 spiro atoms. The molecule has 3 aromatic carbocycles. The molecule has 1 aliphatic carbocycles. The van der Waals surface area contributed by atoms with Gasteiger partial charge >= 0.3 is 12.1 Å². The van der Waals surface area contributed by atoms with E-state index in [2.05, 4.69) is 11.4 Å². The van der Waals surface area contributed by atoms with Crippen LogP contribution in [0.5, 0.6) is 0 Å². The Morgan fingerprint density at radius 1 is 1.00 bits per heavy atom. The summed E-state index contributed by atoms with van der Waals surface area (Å²) >= 11 is 0. The van der Waals surface area contributed by atoms with E-state index in [9.17, 15) is 14.0 Å². The Morgan fingerprint density at radius 2 is 1.69 bits per heavy atom. The molecule has 0 aromatic heterocycles. The topological polar surface area (TPSA) is 61.9 Å². The molecule has 1 aliphatic heterocycles. The number of rotatable bonds is 5. The zero-order valence-electron chi connectivity index (χ0n) is 20.3. The second-order valence-electron chi connectivity index (χ2n) is 9.52. The maximum atomic E-state index is 13.6. The molecule has 0 saturated heterocycles. The number of ether oxygens (including phenoxy) is 1. The standard InChI is InChI=1S/C29H30FN3O3/c1-32(25-17-24(18-25)31-28(34)36-19-20-7-3-2-4-8-20)29(35)33-16-15-21-9-5-6-10-26(21)27(33)22-11-13-23(30)14-12-22/h2-14,24-25,27H,15-19H2,1H3,(H,31,34)/t24-,25-,27-/m0/s1. The van der Waals surface area contributed by atoms with Crippen molar-refractivity contribution in [2.45, 2.75) is 44.0 Å². The number of alkyl carbamates (subject to hydrolysis) is 1. The third-order valence-corrected chi connectivity index (χ3v) is 7.21. The number of carbonyl (C=O) groups excluding carboxylic acids is 2. The smallest absolute Gasteiger partial charge is 0.407 e. The van der Waals surface area contributed by atoms with Gasteiger partial charge in [-0.1, -0.05) is 66.7 Å². The van der Waals surface area contributed by atoms with Crippen LogP contribution in [0.4, 0.5) is 14.0 Å². The van der Waals surface area contributed by atoms with Crippen LogP contribution in [0.3, 0.4) is 0 Å². The summed E-state index contributed by atoms with van der Waals surface area (Å²) in [6.07, 6.45) is 1.68. The molecular formula is C29H30FN3O3. The Kier molecular flexibility index (Phi) is 6.89. The van der Waals surface area contributed by atoms with Crippen LogP contribution in [0.25, 0.3) is 0 Å². The highest BCUT2D eigenvalue weighted by molar-refractivity contribution is 5.76. The Bertz CT molecular complexity index is 1210. The first-order valence-corrected chi connectivity index (χ1v) is 12.3. The van der Waals surface area contributed by atoms with Crippen LogP contribution in [0.1, 0.15) is 41.1 Å². The van der Waals surface area contributed by atoms with E-state index in [4.69, 9.17) is 4.74 Å². The number of urea groups is 1. The SMILES string of the molecule is CN(C(=O)N1CCc2ccccc2[C@@H]1c1ccc(F)cc1)[C@H]1C[C@H](NC(=O)OCc2ccccc2)C1. The summed E-state index contributed by atoms with van der Waals surface area (Å²) in [5.74, 6) is -0.298. The van der Waals surface area contributed by atoms with Crippen LogP contribution in [0, 0.1) is 5.82 Å². The highest BCUT2D eigenvalue weighted by atomic mass is 19.1. The minimum atomic E-state index is -0.444. The van der Waals surface area contributed by atoms with E-state index in [0.717, 1.165) is 23.1 Å². The monoisotopic (exact) mass is 487 g/mol. The summed E-state index contributed by atoms with van der Waals surface area (Å²) in [6.45, 7) is 0.810. The highest BCUT2D eigenvalue weighted by Crippen LogP contribution is 2.37. The molecule has 36 heavy (non-hydrogen) atoms. The average molecular weight is 488 g/mol. The second-order valence-corrected chi connectivity index (χ2v) is 9.52. The lowest BCUT2D eigenvalue weighted by molar-refractivity contribution is 0.0878. The molecule has 2 aliphatic rings. The van der Waals surface area contributed by atoms with Gasteiger partial charge in [0, 0.05) is 25.7 Å². The maximum Gasteiger partial charge on any atom is 0.407 e. The molecule has 0 unspecified atom stereocenters. The average Bonchev–Trinajstić information content (AvgIpc) is 2.89. The van der Waals surface area contributed by atoms with E-state index in [0.29, 0.717) is 19.4 Å². The van der Waals surface area contributed by atoms with Gasteiger partial charge < -0.3 is 19.9 Å². The fraction of sp³-hybridized carbons (Fsp3) is 0.310. The van der Waals surface area contributed by atoms with Crippen molar-refractivity contribution < 1.29 is 18.7 Å². The van der Waals surface area contributed by atoms with Crippen molar-refractivity contribution in [3.05, 3.63) is 107 Å². The van der Waals surface area contributed by atoms with E-state index >= 15 is 0 Å². The molecule has 3 amide bonds. The molecule has 7 heteroatoms. The maximum absolute atomic E-state index is 13.6. The largest absolute Gasteiger partial charge is 0.445 e.